The summed E-state index contributed by atoms with van der Waals surface area (Å²) in [6, 6.07) is 7.30. The summed E-state index contributed by atoms with van der Waals surface area (Å²) in [5, 5.41) is 3.39. The molecule has 2 aliphatic rings. The summed E-state index contributed by atoms with van der Waals surface area (Å²) < 4.78 is 0. The first-order valence-corrected chi connectivity index (χ1v) is 8.12. The van der Waals surface area contributed by atoms with E-state index >= 15 is 0 Å². The normalized spacial score (nSPS) is 26.4. The van der Waals surface area contributed by atoms with E-state index in [9.17, 15) is 0 Å². The highest BCUT2D eigenvalue weighted by Gasteiger charge is 2.25. The molecule has 1 heteroatoms. The van der Waals surface area contributed by atoms with E-state index in [1.807, 2.05) is 0 Å². The Kier molecular flexibility index (Phi) is 4.22. The van der Waals surface area contributed by atoms with Crippen molar-refractivity contribution in [2.45, 2.75) is 51.4 Å². The number of fused-ring (bicyclic) bond motifs is 1. The maximum Gasteiger partial charge on any atom is -0.00208 e. The Morgan fingerprint density at radius 2 is 1.79 bits per heavy atom. The van der Waals surface area contributed by atoms with Crippen LogP contribution in [0, 0.1) is 11.8 Å². The molecule has 1 nitrogen and oxygen atoms in total. The van der Waals surface area contributed by atoms with Crippen LogP contribution >= 0.6 is 0 Å². The lowest BCUT2D eigenvalue weighted by Crippen LogP contribution is -2.30. The van der Waals surface area contributed by atoms with Crippen LogP contribution in [0.15, 0.2) is 18.2 Å². The molecule has 0 amide bonds. The topological polar surface area (TPSA) is 12.0 Å². The molecule has 2 aliphatic carbocycles. The fourth-order valence-corrected chi connectivity index (χ4v) is 4.14. The van der Waals surface area contributed by atoms with Gasteiger partial charge in [0.05, 0.1) is 0 Å². The third-order valence-corrected chi connectivity index (χ3v) is 5.19. The van der Waals surface area contributed by atoms with Crippen molar-refractivity contribution in [3.05, 3.63) is 34.9 Å². The highest BCUT2D eigenvalue weighted by atomic mass is 14.8. The van der Waals surface area contributed by atoms with Crippen molar-refractivity contribution in [3.8, 4) is 0 Å². The summed E-state index contributed by atoms with van der Waals surface area (Å²) in [5.41, 5.74) is 4.84. The molecule has 0 saturated heterocycles. The largest absolute Gasteiger partial charge is 0.319 e. The van der Waals surface area contributed by atoms with Gasteiger partial charge in [0.25, 0.3) is 0 Å². The molecule has 0 aliphatic heterocycles. The molecular weight excluding hydrogens is 230 g/mol. The number of nitrogens with one attached hydrogen (secondary N) is 1. The summed E-state index contributed by atoms with van der Waals surface area (Å²) in [6.45, 7) is 1.20. The second-order valence-corrected chi connectivity index (χ2v) is 6.52. The molecule has 1 fully saturated rings. The number of hydrogen-bond donors (Lipinski definition) is 1. The predicted octanol–water partition coefficient (Wildman–Crippen LogP) is 3.74. The minimum atomic E-state index is 0.895. The van der Waals surface area contributed by atoms with Crippen LogP contribution < -0.4 is 5.32 Å². The van der Waals surface area contributed by atoms with Crippen molar-refractivity contribution < 1.29 is 0 Å². The Morgan fingerprint density at radius 1 is 1.00 bits per heavy atom. The van der Waals surface area contributed by atoms with Crippen LogP contribution in [0.3, 0.4) is 0 Å². The van der Waals surface area contributed by atoms with Crippen LogP contribution in [0.25, 0.3) is 0 Å². The van der Waals surface area contributed by atoms with Gasteiger partial charge < -0.3 is 5.32 Å². The quantitative estimate of drug-likeness (QED) is 0.866. The van der Waals surface area contributed by atoms with E-state index in [-0.39, 0.29) is 0 Å². The average Bonchev–Trinajstić information content (AvgIpc) is 2.89. The van der Waals surface area contributed by atoms with Crippen LogP contribution in [-0.2, 0) is 19.3 Å². The molecule has 3 rings (SSSR count). The molecule has 1 N–H and O–H groups in total. The molecule has 0 heterocycles. The lowest BCUT2D eigenvalue weighted by molar-refractivity contribution is 0.232. The van der Waals surface area contributed by atoms with E-state index in [4.69, 9.17) is 0 Å². The first kappa shape index (κ1) is 13.2. The van der Waals surface area contributed by atoms with Gasteiger partial charge in [-0.25, -0.2) is 0 Å². The molecule has 2 unspecified atom stereocenters. The second-order valence-electron chi connectivity index (χ2n) is 6.52. The first-order chi connectivity index (χ1) is 9.36. The van der Waals surface area contributed by atoms with Crippen LogP contribution in [0.1, 0.15) is 48.8 Å². The second kappa shape index (κ2) is 6.09. The van der Waals surface area contributed by atoms with Crippen molar-refractivity contribution in [1.29, 1.82) is 0 Å². The average molecular weight is 257 g/mol. The van der Waals surface area contributed by atoms with Gasteiger partial charge >= 0.3 is 0 Å². The van der Waals surface area contributed by atoms with E-state index < -0.39 is 0 Å². The van der Waals surface area contributed by atoms with Crippen LogP contribution in [0.5, 0.6) is 0 Å². The van der Waals surface area contributed by atoms with Gasteiger partial charge in [-0.2, -0.15) is 0 Å². The van der Waals surface area contributed by atoms with Crippen LogP contribution in [-0.4, -0.2) is 13.6 Å². The molecule has 0 radical (unpaired) electrons. The SMILES string of the molecule is CNCC1CCCCC1Cc1ccc2c(c1)CCC2. The third kappa shape index (κ3) is 3.02. The van der Waals surface area contributed by atoms with E-state index in [0.29, 0.717) is 0 Å². The Balaban J connectivity index is 1.69. The monoisotopic (exact) mass is 257 g/mol. The molecular formula is C18H27N. The number of hydrogen-bond acceptors (Lipinski definition) is 1. The number of aryl methyl sites for hydroxylation is 2. The van der Waals surface area contributed by atoms with Gasteiger partial charge in [0, 0.05) is 0 Å². The van der Waals surface area contributed by atoms with Gasteiger partial charge in [0.15, 0.2) is 0 Å². The standard InChI is InChI=1S/C18H27N/c1-19-13-18-6-3-2-5-17(18)12-14-9-10-15-7-4-8-16(15)11-14/h9-11,17-19H,2-8,12-13H2,1H3. The number of benzene rings is 1. The van der Waals surface area contributed by atoms with Crippen molar-refractivity contribution in [2.75, 3.05) is 13.6 Å². The van der Waals surface area contributed by atoms with E-state index in [1.165, 1.54) is 57.9 Å². The van der Waals surface area contributed by atoms with Gasteiger partial charge in [0.2, 0.25) is 0 Å². The first-order valence-electron chi connectivity index (χ1n) is 8.12. The summed E-state index contributed by atoms with van der Waals surface area (Å²) >= 11 is 0. The molecule has 104 valence electrons. The molecule has 1 saturated carbocycles. The molecule has 1 aromatic carbocycles. The molecule has 1 aromatic rings. The smallest absolute Gasteiger partial charge is 0.00208 e. The molecule has 0 spiro atoms. The minimum absolute atomic E-state index is 0.895. The lowest BCUT2D eigenvalue weighted by atomic mass is 9.76. The highest BCUT2D eigenvalue weighted by molar-refractivity contribution is 5.35. The number of rotatable bonds is 4. The van der Waals surface area contributed by atoms with Crippen molar-refractivity contribution >= 4 is 0 Å². The summed E-state index contributed by atoms with van der Waals surface area (Å²) in [5.74, 6) is 1.80. The van der Waals surface area contributed by atoms with Gasteiger partial charge in [-0.05, 0) is 80.6 Å². The zero-order valence-electron chi connectivity index (χ0n) is 12.3. The zero-order chi connectivity index (χ0) is 13.1. The maximum atomic E-state index is 3.39. The van der Waals surface area contributed by atoms with E-state index in [2.05, 4.69) is 30.6 Å². The zero-order valence-corrected chi connectivity index (χ0v) is 12.3. The Hall–Kier alpha value is -0.820. The van der Waals surface area contributed by atoms with Gasteiger partial charge in [-0.1, -0.05) is 31.0 Å². The van der Waals surface area contributed by atoms with Crippen molar-refractivity contribution in [1.82, 2.24) is 5.32 Å². The van der Waals surface area contributed by atoms with Crippen LogP contribution in [0.4, 0.5) is 0 Å². The fourth-order valence-electron chi connectivity index (χ4n) is 4.14. The molecule has 19 heavy (non-hydrogen) atoms. The summed E-state index contributed by atoms with van der Waals surface area (Å²) in [7, 11) is 2.10. The lowest BCUT2D eigenvalue weighted by Gasteiger charge is -2.31. The van der Waals surface area contributed by atoms with Gasteiger partial charge in [-0.3, -0.25) is 0 Å². The summed E-state index contributed by atoms with van der Waals surface area (Å²) in [6.07, 6.45) is 11.0. The predicted molar refractivity (Wildman–Crippen MR) is 81.5 cm³/mol. The Labute approximate surface area is 117 Å². The molecule has 0 aromatic heterocycles. The minimum Gasteiger partial charge on any atom is -0.319 e. The van der Waals surface area contributed by atoms with Crippen LogP contribution in [0.2, 0.25) is 0 Å². The van der Waals surface area contributed by atoms with Gasteiger partial charge in [0.1, 0.15) is 0 Å². The van der Waals surface area contributed by atoms with Crippen molar-refractivity contribution in [3.63, 3.8) is 0 Å². The Bertz CT molecular complexity index is 422. The summed E-state index contributed by atoms with van der Waals surface area (Å²) in [4.78, 5) is 0. The highest BCUT2D eigenvalue weighted by Crippen LogP contribution is 2.33. The van der Waals surface area contributed by atoms with E-state index in [0.717, 1.165) is 11.8 Å². The Morgan fingerprint density at radius 3 is 2.63 bits per heavy atom. The van der Waals surface area contributed by atoms with E-state index in [1.54, 1.807) is 16.7 Å². The maximum absolute atomic E-state index is 3.39. The third-order valence-electron chi connectivity index (χ3n) is 5.19. The molecule has 0 bridgehead atoms. The van der Waals surface area contributed by atoms with Crippen molar-refractivity contribution in [2.24, 2.45) is 11.8 Å². The molecule has 2 atom stereocenters. The fraction of sp³-hybridized carbons (Fsp3) is 0.667. The van der Waals surface area contributed by atoms with Gasteiger partial charge in [-0.15, -0.1) is 0 Å².